The van der Waals surface area contributed by atoms with Crippen molar-refractivity contribution < 1.29 is 0 Å². The summed E-state index contributed by atoms with van der Waals surface area (Å²) in [5.41, 5.74) is 6.08. The first kappa shape index (κ1) is 15.6. The second-order valence-corrected chi connectivity index (χ2v) is 7.61. The van der Waals surface area contributed by atoms with Crippen LogP contribution in [0.25, 0.3) is 0 Å². The Morgan fingerprint density at radius 2 is 1.62 bits per heavy atom. The van der Waals surface area contributed by atoms with Crippen molar-refractivity contribution in [1.29, 1.82) is 0 Å². The van der Waals surface area contributed by atoms with Gasteiger partial charge in [0.15, 0.2) is 0 Å². The van der Waals surface area contributed by atoms with Crippen LogP contribution in [0.3, 0.4) is 0 Å². The van der Waals surface area contributed by atoms with E-state index in [2.05, 4.69) is 99.1 Å². The monoisotopic (exact) mass is 403 g/mol. The number of nitrogens with zero attached hydrogens (tertiary/aromatic N) is 2. The number of halogens is 1. The molecular formula is C22H18BrN3. The highest BCUT2D eigenvalue weighted by Gasteiger charge is 2.39. The van der Waals surface area contributed by atoms with Gasteiger partial charge in [-0.3, -0.25) is 5.01 Å². The first-order valence-corrected chi connectivity index (χ1v) is 9.61. The van der Waals surface area contributed by atoms with Crippen molar-refractivity contribution in [2.75, 3.05) is 5.32 Å². The standard InChI is InChI=1S/C22H18BrN3/c23-17-12-10-16(11-13-17)22-24-19-9-5-4-8-18(19)21-14-20(25-26(21)22)15-6-2-1-3-7-15/h1-13,21-22,24H,14H2/t21-,22-/m1/s1. The average molecular weight is 404 g/mol. The number of para-hydroxylation sites is 1. The molecule has 0 saturated carbocycles. The minimum atomic E-state index is 0.0317. The fraction of sp³-hybridized carbons (Fsp3) is 0.136. The topological polar surface area (TPSA) is 27.6 Å². The summed E-state index contributed by atoms with van der Waals surface area (Å²) in [6.07, 6.45) is 0.958. The lowest BCUT2D eigenvalue weighted by molar-refractivity contribution is 0.169. The van der Waals surface area contributed by atoms with Gasteiger partial charge in [0.2, 0.25) is 0 Å². The summed E-state index contributed by atoms with van der Waals surface area (Å²) in [4.78, 5) is 0. The molecule has 5 rings (SSSR count). The molecule has 0 aliphatic carbocycles. The Hall–Kier alpha value is -2.59. The van der Waals surface area contributed by atoms with Crippen LogP contribution in [-0.4, -0.2) is 10.7 Å². The van der Waals surface area contributed by atoms with Gasteiger partial charge in [-0.15, -0.1) is 0 Å². The molecule has 2 aliphatic rings. The second kappa shape index (κ2) is 6.29. The molecule has 0 fully saturated rings. The van der Waals surface area contributed by atoms with Gasteiger partial charge in [-0.05, 0) is 34.9 Å². The van der Waals surface area contributed by atoms with Crippen molar-refractivity contribution in [3.05, 3.63) is 100 Å². The lowest BCUT2D eigenvalue weighted by atomic mass is 9.94. The molecule has 0 radical (unpaired) electrons. The zero-order valence-electron chi connectivity index (χ0n) is 14.1. The summed E-state index contributed by atoms with van der Waals surface area (Å²) in [6.45, 7) is 0. The molecule has 3 aromatic rings. The molecule has 2 heterocycles. The molecule has 4 heteroatoms. The fourth-order valence-electron chi connectivity index (χ4n) is 3.84. The van der Waals surface area contributed by atoms with Crippen LogP contribution in [0.15, 0.2) is 88.4 Å². The molecule has 3 aromatic carbocycles. The number of hydrogen-bond donors (Lipinski definition) is 1. The maximum absolute atomic E-state index is 5.04. The highest BCUT2D eigenvalue weighted by molar-refractivity contribution is 9.10. The third kappa shape index (κ3) is 2.61. The normalized spacial score (nSPS) is 20.8. The van der Waals surface area contributed by atoms with Crippen LogP contribution in [0.2, 0.25) is 0 Å². The third-order valence-electron chi connectivity index (χ3n) is 5.11. The molecule has 2 aliphatic heterocycles. The Kier molecular flexibility index (Phi) is 3.79. The van der Waals surface area contributed by atoms with E-state index < -0.39 is 0 Å². The molecular weight excluding hydrogens is 386 g/mol. The van der Waals surface area contributed by atoms with Crippen LogP contribution in [0.4, 0.5) is 5.69 Å². The molecule has 1 N–H and O–H groups in total. The van der Waals surface area contributed by atoms with Crippen LogP contribution in [0, 0.1) is 0 Å². The molecule has 2 atom stereocenters. The Bertz CT molecular complexity index is 966. The van der Waals surface area contributed by atoms with Gasteiger partial charge in [0, 0.05) is 16.6 Å². The van der Waals surface area contributed by atoms with Crippen LogP contribution in [-0.2, 0) is 0 Å². The van der Waals surface area contributed by atoms with Gasteiger partial charge in [0.05, 0.1) is 11.8 Å². The smallest absolute Gasteiger partial charge is 0.142 e. The van der Waals surface area contributed by atoms with Gasteiger partial charge < -0.3 is 5.32 Å². The van der Waals surface area contributed by atoms with E-state index in [0.29, 0.717) is 0 Å². The van der Waals surface area contributed by atoms with E-state index in [1.54, 1.807) is 0 Å². The Morgan fingerprint density at radius 3 is 2.42 bits per heavy atom. The summed E-state index contributed by atoms with van der Waals surface area (Å²) < 4.78 is 1.09. The van der Waals surface area contributed by atoms with E-state index in [4.69, 9.17) is 5.10 Å². The van der Waals surface area contributed by atoms with Crippen LogP contribution in [0.1, 0.15) is 35.3 Å². The lowest BCUT2D eigenvalue weighted by Gasteiger charge is -2.39. The summed E-state index contributed by atoms with van der Waals surface area (Å²) in [6, 6.07) is 27.8. The maximum Gasteiger partial charge on any atom is 0.142 e. The third-order valence-corrected chi connectivity index (χ3v) is 5.64. The van der Waals surface area contributed by atoms with Crippen molar-refractivity contribution in [2.24, 2.45) is 5.10 Å². The maximum atomic E-state index is 5.04. The van der Waals surface area contributed by atoms with Gasteiger partial charge in [-0.2, -0.15) is 5.10 Å². The zero-order chi connectivity index (χ0) is 17.5. The molecule has 0 amide bonds. The summed E-state index contributed by atoms with van der Waals surface area (Å²) in [7, 11) is 0. The van der Waals surface area contributed by atoms with Crippen molar-refractivity contribution >= 4 is 27.3 Å². The number of fused-ring (bicyclic) bond motifs is 3. The van der Waals surface area contributed by atoms with Crippen molar-refractivity contribution in [3.8, 4) is 0 Å². The number of nitrogens with one attached hydrogen (secondary N) is 1. The summed E-state index contributed by atoms with van der Waals surface area (Å²) in [5.74, 6) is 0. The van der Waals surface area contributed by atoms with E-state index in [-0.39, 0.29) is 12.2 Å². The molecule has 0 spiro atoms. The van der Waals surface area contributed by atoms with Crippen molar-refractivity contribution in [2.45, 2.75) is 18.6 Å². The number of hydrogen-bond acceptors (Lipinski definition) is 3. The molecule has 0 bridgehead atoms. The SMILES string of the molecule is Brc1ccc([C@@H]2Nc3ccccc3[C@H]3CC(c4ccccc4)=NN32)cc1. The highest BCUT2D eigenvalue weighted by Crippen LogP contribution is 2.46. The predicted octanol–water partition coefficient (Wildman–Crippen LogP) is 5.72. The Labute approximate surface area is 161 Å². The van der Waals surface area contributed by atoms with Crippen molar-refractivity contribution in [3.63, 3.8) is 0 Å². The van der Waals surface area contributed by atoms with Gasteiger partial charge >= 0.3 is 0 Å². The predicted molar refractivity (Wildman–Crippen MR) is 109 cm³/mol. The van der Waals surface area contributed by atoms with Crippen LogP contribution < -0.4 is 5.32 Å². The number of rotatable bonds is 2. The minimum Gasteiger partial charge on any atom is -0.360 e. The largest absolute Gasteiger partial charge is 0.360 e. The van der Waals surface area contributed by atoms with Gasteiger partial charge in [0.25, 0.3) is 0 Å². The van der Waals surface area contributed by atoms with Gasteiger partial charge in [-0.1, -0.05) is 76.6 Å². The lowest BCUT2D eigenvalue weighted by Crippen LogP contribution is -2.35. The number of anilines is 1. The van der Waals surface area contributed by atoms with E-state index >= 15 is 0 Å². The fourth-order valence-corrected chi connectivity index (χ4v) is 4.10. The quantitative estimate of drug-likeness (QED) is 0.591. The minimum absolute atomic E-state index is 0.0317. The molecule has 0 unspecified atom stereocenters. The molecule has 3 nitrogen and oxygen atoms in total. The first-order valence-electron chi connectivity index (χ1n) is 8.82. The van der Waals surface area contributed by atoms with Crippen LogP contribution in [0.5, 0.6) is 0 Å². The van der Waals surface area contributed by atoms with E-state index in [1.165, 1.54) is 22.4 Å². The second-order valence-electron chi connectivity index (χ2n) is 6.70. The van der Waals surface area contributed by atoms with E-state index in [9.17, 15) is 0 Å². The average Bonchev–Trinajstić information content (AvgIpc) is 3.14. The zero-order valence-corrected chi connectivity index (χ0v) is 15.7. The summed E-state index contributed by atoms with van der Waals surface area (Å²) in [5, 5.41) is 10.9. The number of benzene rings is 3. The summed E-state index contributed by atoms with van der Waals surface area (Å²) >= 11 is 3.53. The van der Waals surface area contributed by atoms with Gasteiger partial charge in [0.1, 0.15) is 6.17 Å². The molecule has 26 heavy (non-hydrogen) atoms. The highest BCUT2D eigenvalue weighted by atomic mass is 79.9. The van der Waals surface area contributed by atoms with Crippen LogP contribution >= 0.6 is 15.9 Å². The van der Waals surface area contributed by atoms with Gasteiger partial charge in [-0.25, -0.2) is 0 Å². The number of hydrazone groups is 1. The van der Waals surface area contributed by atoms with E-state index in [1.807, 2.05) is 6.07 Å². The first-order chi connectivity index (χ1) is 12.8. The van der Waals surface area contributed by atoms with Crippen molar-refractivity contribution in [1.82, 2.24) is 5.01 Å². The molecule has 128 valence electrons. The molecule has 0 saturated heterocycles. The Balaban J connectivity index is 1.60. The molecule has 0 aromatic heterocycles. The Morgan fingerprint density at radius 1 is 0.885 bits per heavy atom. The van der Waals surface area contributed by atoms with E-state index in [0.717, 1.165) is 16.6 Å².